The minimum absolute atomic E-state index is 0.173. The van der Waals surface area contributed by atoms with Crippen molar-refractivity contribution in [3.63, 3.8) is 0 Å². The Balaban J connectivity index is 1.28. The van der Waals surface area contributed by atoms with Gasteiger partial charge in [0.15, 0.2) is 6.10 Å². The molecule has 2 N–H and O–H groups in total. The maximum absolute atomic E-state index is 12.0. The van der Waals surface area contributed by atoms with E-state index in [1.165, 1.54) is 24.2 Å². The summed E-state index contributed by atoms with van der Waals surface area (Å²) in [5, 5.41) is 6.13. The van der Waals surface area contributed by atoms with Gasteiger partial charge in [-0.15, -0.1) is 0 Å². The van der Waals surface area contributed by atoms with E-state index in [0.29, 0.717) is 21.9 Å². The fraction of sp³-hybridized carbons (Fsp3) is 0.381. The van der Waals surface area contributed by atoms with Crippen LogP contribution in [0.5, 0.6) is 16.7 Å². The van der Waals surface area contributed by atoms with Crippen molar-refractivity contribution in [3.8, 4) is 16.7 Å². The Bertz CT molecular complexity index is 991. The van der Waals surface area contributed by atoms with Gasteiger partial charge < -0.3 is 24.8 Å². The summed E-state index contributed by atoms with van der Waals surface area (Å²) in [4.78, 5) is 28.2. The van der Waals surface area contributed by atoms with Crippen LogP contribution in [0.3, 0.4) is 0 Å². The van der Waals surface area contributed by atoms with E-state index in [1.807, 2.05) is 25.1 Å². The first-order valence-corrected chi connectivity index (χ1v) is 11.1. The quantitative estimate of drug-likeness (QED) is 0.583. The molecule has 1 aliphatic heterocycles. The molecule has 2 heterocycles. The average Bonchev–Trinajstić information content (AvgIpc) is 3.29. The van der Waals surface area contributed by atoms with E-state index in [2.05, 4.69) is 15.6 Å². The van der Waals surface area contributed by atoms with E-state index < -0.39 is 12.2 Å². The van der Waals surface area contributed by atoms with Crippen molar-refractivity contribution in [2.75, 3.05) is 13.2 Å². The van der Waals surface area contributed by atoms with Gasteiger partial charge in [-0.2, -0.15) is 0 Å². The lowest BCUT2D eigenvalue weighted by molar-refractivity contribution is -0.128. The van der Waals surface area contributed by atoms with E-state index in [0.717, 1.165) is 17.2 Å². The summed E-state index contributed by atoms with van der Waals surface area (Å²) in [7, 11) is 0. The lowest BCUT2D eigenvalue weighted by Crippen LogP contribution is -2.40. The van der Waals surface area contributed by atoms with Gasteiger partial charge in [0, 0.05) is 18.3 Å². The summed E-state index contributed by atoms with van der Waals surface area (Å²) in [6, 6.07) is 5.09. The highest BCUT2D eigenvalue weighted by Gasteiger charge is 2.29. The number of nitrogens with zero attached hydrogens (tertiary/aromatic N) is 1. The smallest absolute Gasteiger partial charge is 0.408 e. The number of hydrogen-bond donors (Lipinski definition) is 2. The van der Waals surface area contributed by atoms with Crippen LogP contribution in [-0.4, -0.2) is 42.3 Å². The standard InChI is InChI=1S/C21H22ClN3O5S/c1-12(25-19(26)18-10-23-20(27)29-18)2-6-15-9-24-21(31-15)30-17-7-5-14(8-16(17)22)28-11-13-3-4-13/h2,5-9,12-13,18H,3-4,10-11H2,1H3,(H,23,27)(H,25,26)/t12-,18+/m0/s1. The van der Waals surface area contributed by atoms with Crippen LogP contribution in [0.1, 0.15) is 24.6 Å². The number of amides is 2. The number of nitrogens with one attached hydrogen (secondary N) is 2. The first-order valence-electron chi connectivity index (χ1n) is 9.95. The van der Waals surface area contributed by atoms with Crippen LogP contribution in [0.4, 0.5) is 4.79 Å². The summed E-state index contributed by atoms with van der Waals surface area (Å²) in [5.74, 6) is 1.56. The molecule has 2 amide bonds. The molecular weight excluding hydrogens is 442 g/mol. The van der Waals surface area contributed by atoms with E-state index in [1.54, 1.807) is 18.3 Å². The fourth-order valence-electron chi connectivity index (χ4n) is 2.78. The number of aromatic nitrogens is 1. The van der Waals surface area contributed by atoms with Crippen molar-refractivity contribution in [1.82, 2.24) is 15.6 Å². The third-order valence-corrected chi connectivity index (χ3v) is 5.81. The Morgan fingerprint density at radius 3 is 3.03 bits per heavy atom. The third kappa shape index (κ3) is 6.11. The second-order valence-electron chi connectivity index (χ2n) is 7.41. The maximum atomic E-state index is 12.0. The highest BCUT2D eigenvalue weighted by atomic mass is 35.5. The molecule has 0 radical (unpaired) electrons. The molecule has 1 saturated heterocycles. The topological polar surface area (TPSA) is 98.8 Å². The Labute approximate surface area is 188 Å². The van der Waals surface area contributed by atoms with E-state index >= 15 is 0 Å². The summed E-state index contributed by atoms with van der Waals surface area (Å²) in [6.45, 7) is 2.72. The molecule has 2 aromatic rings. The number of rotatable bonds is 9. The number of benzene rings is 1. The molecule has 1 aliphatic carbocycles. The van der Waals surface area contributed by atoms with Crippen molar-refractivity contribution in [2.24, 2.45) is 5.92 Å². The Morgan fingerprint density at radius 2 is 2.32 bits per heavy atom. The molecular formula is C21H22ClN3O5S. The van der Waals surface area contributed by atoms with Gasteiger partial charge >= 0.3 is 6.09 Å². The van der Waals surface area contributed by atoms with Crippen molar-refractivity contribution < 1.29 is 23.8 Å². The molecule has 8 nitrogen and oxygen atoms in total. The normalized spacial score (nSPS) is 19.0. The molecule has 0 unspecified atom stereocenters. The number of halogens is 1. The van der Waals surface area contributed by atoms with Gasteiger partial charge in [0.1, 0.15) is 11.5 Å². The molecule has 1 saturated carbocycles. The van der Waals surface area contributed by atoms with Crippen molar-refractivity contribution in [3.05, 3.63) is 40.4 Å². The number of cyclic esters (lactones) is 1. The van der Waals surface area contributed by atoms with Crippen LogP contribution >= 0.6 is 22.9 Å². The SMILES string of the molecule is C[C@@H](C=Cc1cnc(Oc2ccc(OCC3CC3)cc2Cl)s1)NC(=O)[C@H]1CNC(=O)O1. The molecule has 2 aliphatic rings. The van der Waals surface area contributed by atoms with Gasteiger partial charge in [-0.05, 0) is 43.9 Å². The van der Waals surface area contributed by atoms with Gasteiger partial charge in [0.2, 0.25) is 0 Å². The minimum Gasteiger partial charge on any atom is -0.493 e. The largest absolute Gasteiger partial charge is 0.493 e. The molecule has 1 aromatic carbocycles. The van der Waals surface area contributed by atoms with E-state index in [4.69, 9.17) is 25.8 Å². The molecule has 0 bridgehead atoms. The van der Waals surface area contributed by atoms with Crippen LogP contribution in [0.15, 0.2) is 30.5 Å². The van der Waals surface area contributed by atoms with Gasteiger partial charge in [0.05, 0.1) is 23.1 Å². The van der Waals surface area contributed by atoms with E-state index in [-0.39, 0.29) is 18.5 Å². The van der Waals surface area contributed by atoms with Crippen molar-refractivity contribution >= 4 is 41.0 Å². The Kier molecular flexibility index (Phi) is 6.62. The first kappa shape index (κ1) is 21.5. The number of thiazole rings is 1. The highest BCUT2D eigenvalue weighted by molar-refractivity contribution is 7.14. The molecule has 0 spiro atoms. The fourth-order valence-corrected chi connectivity index (χ4v) is 3.68. The van der Waals surface area contributed by atoms with Gasteiger partial charge in [-0.25, -0.2) is 9.78 Å². The number of hydrogen-bond acceptors (Lipinski definition) is 7. The predicted octanol–water partition coefficient (Wildman–Crippen LogP) is 4.00. The third-order valence-electron chi connectivity index (χ3n) is 4.68. The maximum Gasteiger partial charge on any atom is 0.408 e. The van der Waals surface area contributed by atoms with Crippen LogP contribution in [0.2, 0.25) is 5.02 Å². The Hall–Kier alpha value is -2.78. The summed E-state index contributed by atoms with van der Waals surface area (Å²) < 4.78 is 16.4. The molecule has 2 atom stereocenters. The average molecular weight is 464 g/mol. The van der Waals surface area contributed by atoms with Crippen LogP contribution < -0.4 is 20.1 Å². The monoisotopic (exact) mass is 463 g/mol. The molecule has 10 heteroatoms. The van der Waals surface area contributed by atoms with Gasteiger partial charge in [-0.3, -0.25) is 4.79 Å². The minimum atomic E-state index is -0.804. The van der Waals surface area contributed by atoms with E-state index in [9.17, 15) is 9.59 Å². The summed E-state index contributed by atoms with van der Waals surface area (Å²) in [5.41, 5.74) is 0. The number of carbonyl (C=O) groups excluding carboxylic acids is 2. The molecule has 164 valence electrons. The lowest BCUT2D eigenvalue weighted by atomic mass is 10.2. The van der Waals surface area contributed by atoms with Crippen LogP contribution in [-0.2, 0) is 9.53 Å². The first-order chi connectivity index (χ1) is 15.0. The number of alkyl carbamates (subject to hydrolysis) is 1. The summed E-state index contributed by atoms with van der Waals surface area (Å²) >= 11 is 7.66. The zero-order valence-electron chi connectivity index (χ0n) is 16.8. The van der Waals surface area contributed by atoms with Gasteiger partial charge in [-0.1, -0.05) is 29.0 Å². The van der Waals surface area contributed by atoms with Crippen LogP contribution in [0, 0.1) is 5.92 Å². The molecule has 31 heavy (non-hydrogen) atoms. The number of ether oxygens (including phenoxy) is 3. The second kappa shape index (κ2) is 9.57. The summed E-state index contributed by atoms with van der Waals surface area (Å²) in [6.07, 6.45) is 6.41. The second-order valence-corrected chi connectivity index (χ2v) is 8.84. The zero-order chi connectivity index (χ0) is 21.8. The van der Waals surface area contributed by atoms with Gasteiger partial charge in [0.25, 0.3) is 11.1 Å². The van der Waals surface area contributed by atoms with Crippen LogP contribution in [0.25, 0.3) is 6.08 Å². The Morgan fingerprint density at radius 1 is 1.48 bits per heavy atom. The zero-order valence-corrected chi connectivity index (χ0v) is 18.4. The predicted molar refractivity (Wildman–Crippen MR) is 117 cm³/mol. The van der Waals surface area contributed by atoms with Crippen molar-refractivity contribution in [1.29, 1.82) is 0 Å². The lowest BCUT2D eigenvalue weighted by Gasteiger charge is -2.12. The number of carbonyl (C=O) groups is 2. The molecule has 4 rings (SSSR count). The molecule has 1 aromatic heterocycles. The highest BCUT2D eigenvalue weighted by Crippen LogP contribution is 2.35. The van der Waals surface area contributed by atoms with Crippen molar-refractivity contribution in [2.45, 2.75) is 31.9 Å². The molecule has 2 fully saturated rings.